The Bertz CT molecular complexity index is 1440. The molecule has 2 aromatic rings. The van der Waals surface area contributed by atoms with Crippen molar-refractivity contribution >= 4 is 93.5 Å². The minimum atomic E-state index is -1.64. The topological polar surface area (TPSA) is 105 Å². The van der Waals surface area contributed by atoms with E-state index in [9.17, 15) is 19.2 Å². The predicted molar refractivity (Wildman–Crippen MR) is 186 cm³/mol. The third-order valence-corrected chi connectivity index (χ3v) is 11.8. The van der Waals surface area contributed by atoms with Gasteiger partial charge < -0.3 is 18.9 Å². The Kier molecular flexibility index (Phi) is 13.6. The summed E-state index contributed by atoms with van der Waals surface area (Å²) in [5.74, 6) is -3.64. The zero-order valence-electron chi connectivity index (χ0n) is 26.8. The number of carbonyl (C=O) groups excluding carboxylic acids is 4. The molecular formula is C34H36Cl6O8. The van der Waals surface area contributed by atoms with Gasteiger partial charge in [0.05, 0.1) is 43.3 Å². The molecule has 0 saturated heterocycles. The van der Waals surface area contributed by atoms with Crippen LogP contribution in [0.25, 0.3) is 0 Å². The molecule has 0 amide bonds. The van der Waals surface area contributed by atoms with Crippen molar-refractivity contribution in [3.8, 4) is 11.5 Å². The Labute approximate surface area is 309 Å². The molecule has 4 atom stereocenters. The van der Waals surface area contributed by atoms with Crippen LogP contribution in [0.5, 0.6) is 11.5 Å². The normalized spacial score (nSPS) is 23.5. The number of carbonyl (C=O) groups is 4. The fourth-order valence-electron chi connectivity index (χ4n) is 6.88. The van der Waals surface area contributed by atoms with Gasteiger partial charge in [0.25, 0.3) is 0 Å². The van der Waals surface area contributed by atoms with Crippen molar-refractivity contribution in [2.75, 3.05) is 13.2 Å². The Morgan fingerprint density at radius 2 is 0.875 bits per heavy atom. The van der Waals surface area contributed by atoms with E-state index >= 15 is 0 Å². The quantitative estimate of drug-likeness (QED) is 0.101. The van der Waals surface area contributed by atoms with Gasteiger partial charge in [0.15, 0.2) is 11.5 Å². The first kappa shape index (κ1) is 38.9. The van der Waals surface area contributed by atoms with E-state index in [1.54, 1.807) is 0 Å². The second kappa shape index (κ2) is 16.8. The molecule has 48 heavy (non-hydrogen) atoms. The molecule has 4 rings (SSSR count). The van der Waals surface area contributed by atoms with E-state index in [4.69, 9.17) is 88.6 Å². The minimum Gasteiger partial charge on any atom is -0.462 e. The number of ether oxygens (including phenoxy) is 4. The van der Waals surface area contributed by atoms with Gasteiger partial charge in [0.1, 0.15) is 11.1 Å². The highest BCUT2D eigenvalue weighted by molar-refractivity contribution is 6.47. The van der Waals surface area contributed by atoms with E-state index in [1.165, 1.54) is 0 Å². The molecule has 8 nitrogen and oxygen atoms in total. The van der Waals surface area contributed by atoms with E-state index in [-0.39, 0.29) is 43.3 Å². The number of esters is 4. The first-order chi connectivity index (χ1) is 22.6. The molecule has 0 aromatic heterocycles. The predicted octanol–water partition coefficient (Wildman–Crippen LogP) is 10.6. The van der Waals surface area contributed by atoms with Gasteiger partial charge in [-0.05, 0) is 60.5 Å². The van der Waals surface area contributed by atoms with Crippen LogP contribution in [0.1, 0.15) is 86.9 Å². The largest absolute Gasteiger partial charge is 0.462 e. The second-order valence-corrected chi connectivity index (χ2v) is 15.1. The fraction of sp³-hybridized carbons (Fsp3) is 0.529. The van der Waals surface area contributed by atoms with Crippen LogP contribution in [0, 0.1) is 35.5 Å². The maximum atomic E-state index is 13.2. The molecule has 2 aromatic carbocycles. The highest BCUT2D eigenvalue weighted by atomic mass is 35.5. The van der Waals surface area contributed by atoms with E-state index in [2.05, 4.69) is 27.7 Å². The van der Waals surface area contributed by atoms with Gasteiger partial charge in [-0.2, -0.15) is 0 Å². The van der Waals surface area contributed by atoms with Crippen LogP contribution in [0.3, 0.4) is 0 Å². The van der Waals surface area contributed by atoms with Gasteiger partial charge in [0.2, 0.25) is 0 Å². The zero-order chi connectivity index (χ0) is 35.4. The van der Waals surface area contributed by atoms with E-state index < -0.39 is 46.5 Å². The number of hydrogen-bond acceptors (Lipinski definition) is 8. The summed E-state index contributed by atoms with van der Waals surface area (Å²) in [6.07, 6.45) is 5.63. The number of rotatable bonds is 10. The summed E-state index contributed by atoms with van der Waals surface area (Å²) in [4.78, 5) is 52.4. The molecule has 4 unspecified atom stereocenters. The SMILES string of the molecule is CC1CCC(C)C1CCOC(=O)c1c(Cl)c(Cl)cc(Cl)c1OC(=O)C(=O)Oc1c(Cl)cc(Cl)c(Cl)c1C(=O)OCCC1C(C)CCC1C. The molecule has 0 spiro atoms. The number of halogens is 6. The van der Waals surface area contributed by atoms with Crippen LogP contribution < -0.4 is 9.47 Å². The lowest BCUT2D eigenvalue weighted by molar-refractivity contribution is -0.156. The standard InChI is InChI=1S/C34H36Cl6O8/c1-15-5-6-16(2)19(15)9-11-45-31(41)25-27(39)21(35)13-23(37)29(25)47-33(43)34(44)48-30-24(38)14-22(36)28(40)26(30)32(42)46-12-10-20-17(3)7-8-18(20)4/h13-20H,5-12H2,1-4H3. The second-order valence-electron chi connectivity index (χ2n) is 12.7. The Balaban J connectivity index is 1.50. The molecule has 0 bridgehead atoms. The van der Waals surface area contributed by atoms with Crippen molar-refractivity contribution < 1.29 is 38.1 Å². The summed E-state index contributed by atoms with van der Waals surface area (Å²) < 4.78 is 21.4. The van der Waals surface area contributed by atoms with Gasteiger partial charge in [-0.3, -0.25) is 0 Å². The first-order valence-corrected chi connectivity index (χ1v) is 18.0. The summed E-state index contributed by atoms with van der Waals surface area (Å²) in [6, 6.07) is 2.27. The van der Waals surface area contributed by atoms with Gasteiger partial charge in [-0.1, -0.05) is 123 Å². The number of benzene rings is 2. The van der Waals surface area contributed by atoms with Gasteiger partial charge in [0, 0.05) is 0 Å². The molecule has 2 saturated carbocycles. The molecule has 262 valence electrons. The van der Waals surface area contributed by atoms with E-state index in [1.807, 2.05) is 0 Å². The van der Waals surface area contributed by atoms with Crippen molar-refractivity contribution in [2.24, 2.45) is 35.5 Å². The molecule has 2 fully saturated rings. The lowest BCUT2D eigenvalue weighted by Crippen LogP contribution is -2.27. The maximum Gasteiger partial charge on any atom is 0.423 e. The van der Waals surface area contributed by atoms with E-state index in [0.717, 1.165) is 37.8 Å². The summed E-state index contributed by atoms with van der Waals surface area (Å²) in [7, 11) is 0. The maximum absolute atomic E-state index is 13.2. The Morgan fingerprint density at radius 3 is 1.19 bits per heavy atom. The van der Waals surface area contributed by atoms with Gasteiger partial charge in [-0.15, -0.1) is 0 Å². The molecule has 0 heterocycles. The lowest BCUT2D eigenvalue weighted by Gasteiger charge is -2.20. The molecule has 0 aliphatic heterocycles. The third-order valence-electron chi connectivity index (χ3n) is 9.66. The van der Waals surface area contributed by atoms with Crippen molar-refractivity contribution in [1.82, 2.24) is 0 Å². The molecule has 0 radical (unpaired) electrons. The molecule has 2 aliphatic rings. The smallest absolute Gasteiger partial charge is 0.423 e. The molecular weight excluding hydrogens is 749 g/mol. The van der Waals surface area contributed by atoms with Gasteiger partial charge >= 0.3 is 23.9 Å². The van der Waals surface area contributed by atoms with Crippen LogP contribution in [0.2, 0.25) is 30.1 Å². The van der Waals surface area contributed by atoms with Crippen molar-refractivity contribution in [3.05, 3.63) is 53.4 Å². The highest BCUT2D eigenvalue weighted by Crippen LogP contribution is 2.43. The van der Waals surface area contributed by atoms with Crippen LogP contribution in [-0.4, -0.2) is 37.1 Å². The highest BCUT2D eigenvalue weighted by Gasteiger charge is 2.34. The fourth-order valence-corrected chi connectivity index (χ4v) is 8.32. The monoisotopic (exact) mass is 782 g/mol. The molecule has 0 N–H and O–H groups in total. The first-order valence-electron chi connectivity index (χ1n) is 15.7. The Hall–Kier alpha value is -1.94. The van der Waals surface area contributed by atoms with Gasteiger partial charge in [-0.25, -0.2) is 19.2 Å². The zero-order valence-corrected chi connectivity index (χ0v) is 31.3. The summed E-state index contributed by atoms with van der Waals surface area (Å²) >= 11 is 37.5. The van der Waals surface area contributed by atoms with Crippen LogP contribution in [0.15, 0.2) is 12.1 Å². The van der Waals surface area contributed by atoms with Crippen LogP contribution in [0.4, 0.5) is 0 Å². The Morgan fingerprint density at radius 1 is 0.562 bits per heavy atom. The van der Waals surface area contributed by atoms with E-state index in [0.29, 0.717) is 48.3 Å². The van der Waals surface area contributed by atoms with Crippen LogP contribution in [-0.2, 0) is 19.1 Å². The average molecular weight is 785 g/mol. The van der Waals surface area contributed by atoms with Crippen molar-refractivity contribution in [2.45, 2.75) is 66.2 Å². The third kappa shape index (κ3) is 8.85. The lowest BCUT2D eigenvalue weighted by atomic mass is 9.89. The number of hydrogen-bond donors (Lipinski definition) is 0. The minimum absolute atomic E-state index is 0.0709. The van der Waals surface area contributed by atoms with Crippen molar-refractivity contribution in [3.63, 3.8) is 0 Å². The van der Waals surface area contributed by atoms with Crippen LogP contribution >= 0.6 is 69.6 Å². The summed E-state index contributed by atoms with van der Waals surface area (Å²) in [5, 5.41) is -1.45. The summed E-state index contributed by atoms with van der Waals surface area (Å²) in [5.41, 5.74) is -0.906. The molecule has 2 aliphatic carbocycles. The molecule has 14 heteroatoms. The summed E-state index contributed by atoms with van der Waals surface area (Å²) in [6.45, 7) is 8.79. The average Bonchev–Trinajstić information content (AvgIpc) is 3.52. The van der Waals surface area contributed by atoms with Crippen molar-refractivity contribution in [1.29, 1.82) is 0 Å².